The minimum atomic E-state index is -0.958. The Hall–Kier alpha value is -1.78. The van der Waals surface area contributed by atoms with Crippen LogP contribution in [0.3, 0.4) is 0 Å². The highest BCUT2D eigenvalue weighted by atomic mass is 32.2. The fourth-order valence-corrected chi connectivity index (χ4v) is 4.84. The predicted octanol–water partition coefficient (Wildman–Crippen LogP) is 3.47. The van der Waals surface area contributed by atoms with Crippen LogP contribution in [-0.2, 0) is 5.72 Å². The summed E-state index contributed by atoms with van der Waals surface area (Å²) in [6.07, 6.45) is 1.10. The molecule has 0 saturated heterocycles. The van der Waals surface area contributed by atoms with Gasteiger partial charge in [-0.1, -0.05) is 42.5 Å². The van der Waals surface area contributed by atoms with Crippen LogP contribution < -0.4 is 4.90 Å². The zero-order chi connectivity index (χ0) is 16.7. The molecule has 0 amide bonds. The molecule has 1 unspecified atom stereocenters. The third-order valence-corrected chi connectivity index (χ3v) is 6.34. The summed E-state index contributed by atoms with van der Waals surface area (Å²) >= 11 is 1.86. The summed E-state index contributed by atoms with van der Waals surface area (Å²) in [5.41, 5.74) is 3.79. The number of β-amino-alcohol motifs (C(OH)–C–C–N with tert-alkyl or cyclic N) is 1. The van der Waals surface area contributed by atoms with E-state index in [2.05, 4.69) is 41.5 Å². The van der Waals surface area contributed by atoms with Crippen molar-refractivity contribution in [2.75, 3.05) is 23.7 Å². The van der Waals surface area contributed by atoms with Gasteiger partial charge in [-0.25, -0.2) is 9.48 Å². The lowest BCUT2D eigenvalue weighted by Gasteiger charge is -2.24. The summed E-state index contributed by atoms with van der Waals surface area (Å²) in [4.78, 5) is 2.30. The molecule has 2 aliphatic rings. The maximum absolute atomic E-state index is 11.6. The fourth-order valence-electron chi connectivity index (χ4n) is 3.67. The van der Waals surface area contributed by atoms with Gasteiger partial charge in [0.25, 0.3) is 5.72 Å². The number of hydrogen-bond donors (Lipinski definition) is 1. The summed E-state index contributed by atoms with van der Waals surface area (Å²) in [5.74, 6) is 1.11. The Balaban J connectivity index is 1.84. The zero-order valence-electron chi connectivity index (χ0n) is 14.2. The Bertz CT molecular complexity index is 803. The minimum absolute atomic E-state index is 0.573. The Morgan fingerprint density at radius 3 is 2.67 bits per heavy atom. The van der Waals surface area contributed by atoms with Crippen molar-refractivity contribution < 1.29 is 9.68 Å². The molecule has 2 aliphatic heterocycles. The topological polar surface area (TPSA) is 26.5 Å². The summed E-state index contributed by atoms with van der Waals surface area (Å²) in [7, 11) is 0. The lowest BCUT2D eigenvalue weighted by Crippen LogP contribution is -2.41. The van der Waals surface area contributed by atoms with E-state index in [1.54, 1.807) is 0 Å². The van der Waals surface area contributed by atoms with Gasteiger partial charge in [-0.15, -0.1) is 0 Å². The third kappa shape index (κ3) is 2.36. The molecule has 1 N–H and O–H groups in total. The van der Waals surface area contributed by atoms with Gasteiger partial charge in [0, 0.05) is 11.3 Å². The minimum Gasteiger partial charge on any atom is -0.346 e. The van der Waals surface area contributed by atoms with E-state index in [1.807, 2.05) is 42.1 Å². The lowest BCUT2D eigenvalue weighted by atomic mass is 10.0. The molecule has 0 bridgehead atoms. The SMILES string of the molecule is Cc1cccc(N2CC(O)(c3ccccc3)[N+]3=C2SCCC3)c1C. The fraction of sp³-hybridized carbons (Fsp3) is 0.350. The number of nitrogens with zero attached hydrogens (tertiary/aromatic N) is 2. The van der Waals surface area contributed by atoms with E-state index in [4.69, 9.17) is 0 Å². The average Bonchev–Trinajstić information content (AvgIpc) is 2.93. The number of rotatable bonds is 2. The van der Waals surface area contributed by atoms with E-state index in [1.165, 1.54) is 22.0 Å². The van der Waals surface area contributed by atoms with Crippen molar-refractivity contribution >= 4 is 22.6 Å². The Labute approximate surface area is 147 Å². The second kappa shape index (κ2) is 5.94. The van der Waals surface area contributed by atoms with E-state index < -0.39 is 5.72 Å². The van der Waals surface area contributed by atoms with Crippen molar-refractivity contribution in [2.24, 2.45) is 0 Å². The second-order valence-corrected chi connectivity index (χ2v) is 7.69. The predicted molar refractivity (Wildman–Crippen MR) is 101 cm³/mol. The summed E-state index contributed by atoms with van der Waals surface area (Å²) < 4.78 is 2.19. The van der Waals surface area contributed by atoms with E-state index in [-0.39, 0.29) is 0 Å². The molecule has 3 nitrogen and oxygen atoms in total. The van der Waals surface area contributed by atoms with Crippen molar-refractivity contribution in [3.05, 3.63) is 65.2 Å². The average molecular weight is 339 g/mol. The Kier molecular flexibility index (Phi) is 3.89. The molecular weight excluding hydrogens is 316 g/mol. The highest BCUT2D eigenvalue weighted by Crippen LogP contribution is 2.38. The lowest BCUT2D eigenvalue weighted by molar-refractivity contribution is -0.656. The van der Waals surface area contributed by atoms with Crippen LogP contribution in [0, 0.1) is 13.8 Å². The molecule has 4 heteroatoms. The van der Waals surface area contributed by atoms with Gasteiger partial charge in [0.2, 0.25) is 0 Å². The Morgan fingerprint density at radius 2 is 1.88 bits per heavy atom. The maximum atomic E-state index is 11.6. The van der Waals surface area contributed by atoms with Gasteiger partial charge in [-0.05, 0) is 49.2 Å². The van der Waals surface area contributed by atoms with Crippen LogP contribution in [0.2, 0.25) is 0 Å². The highest BCUT2D eigenvalue weighted by molar-refractivity contribution is 8.13. The standard InChI is InChI=1S/C20H23N2OS/c1-15-8-6-11-18(16(15)2)21-14-20(23,17-9-4-3-5-10-17)22-12-7-13-24-19(21)22/h3-6,8-11,23H,7,12-14H2,1-2H3/q+1. The summed E-state index contributed by atoms with van der Waals surface area (Å²) in [6.45, 7) is 5.79. The van der Waals surface area contributed by atoms with Crippen LogP contribution in [0.4, 0.5) is 5.69 Å². The van der Waals surface area contributed by atoms with Crippen molar-refractivity contribution in [3.8, 4) is 0 Å². The van der Waals surface area contributed by atoms with Gasteiger partial charge >= 0.3 is 5.17 Å². The maximum Gasteiger partial charge on any atom is 0.316 e. The number of aryl methyl sites for hydroxylation is 1. The largest absolute Gasteiger partial charge is 0.346 e. The molecule has 2 aromatic rings. The molecule has 0 aliphatic carbocycles. The number of benzene rings is 2. The molecule has 124 valence electrons. The first-order valence-corrected chi connectivity index (χ1v) is 9.49. The number of anilines is 1. The van der Waals surface area contributed by atoms with Gasteiger partial charge in [0.1, 0.15) is 5.69 Å². The molecular formula is C20H23N2OS+. The first-order valence-electron chi connectivity index (χ1n) is 8.50. The first-order chi connectivity index (χ1) is 11.6. The van der Waals surface area contributed by atoms with Crippen LogP contribution in [0.25, 0.3) is 0 Å². The monoisotopic (exact) mass is 339 g/mol. The summed E-state index contributed by atoms with van der Waals surface area (Å²) in [6, 6.07) is 16.5. The Morgan fingerprint density at radius 1 is 1.08 bits per heavy atom. The zero-order valence-corrected chi connectivity index (χ0v) is 15.0. The van der Waals surface area contributed by atoms with Gasteiger partial charge in [0.15, 0.2) is 6.54 Å². The molecule has 2 heterocycles. The second-order valence-electron chi connectivity index (χ2n) is 6.62. The van der Waals surface area contributed by atoms with Crippen LogP contribution in [0.15, 0.2) is 48.5 Å². The number of aliphatic hydroxyl groups is 1. The molecule has 0 aromatic heterocycles. The van der Waals surface area contributed by atoms with Crippen molar-refractivity contribution in [3.63, 3.8) is 0 Å². The van der Waals surface area contributed by atoms with Crippen LogP contribution in [0.5, 0.6) is 0 Å². The number of hydrogen-bond acceptors (Lipinski definition) is 3. The van der Waals surface area contributed by atoms with E-state index >= 15 is 0 Å². The van der Waals surface area contributed by atoms with Crippen LogP contribution in [0.1, 0.15) is 23.1 Å². The number of amidine groups is 1. The van der Waals surface area contributed by atoms with Gasteiger partial charge in [-0.3, -0.25) is 0 Å². The molecule has 0 radical (unpaired) electrons. The molecule has 0 saturated carbocycles. The molecule has 24 heavy (non-hydrogen) atoms. The number of thioether (sulfide) groups is 1. The normalized spacial score (nSPS) is 23.5. The highest BCUT2D eigenvalue weighted by Gasteiger charge is 2.53. The molecule has 0 spiro atoms. The third-order valence-electron chi connectivity index (χ3n) is 5.15. The van der Waals surface area contributed by atoms with E-state index in [9.17, 15) is 5.11 Å². The molecule has 0 fully saturated rings. The smallest absolute Gasteiger partial charge is 0.316 e. The van der Waals surface area contributed by atoms with Gasteiger partial charge in [0.05, 0.1) is 6.54 Å². The molecule has 1 atom stereocenters. The van der Waals surface area contributed by atoms with Crippen molar-refractivity contribution in [1.29, 1.82) is 0 Å². The quantitative estimate of drug-likeness (QED) is 0.849. The van der Waals surface area contributed by atoms with Crippen molar-refractivity contribution in [1.82, 2.24) is 0 Å². The molecule has 2 aromatic carbocycles. The van der Waals surface area contributed by atoms with Crippen LogP contribution in [-0.4, -0.2) is 33.7 Å². The van der Waals surface area contributed by atoms with E-state index in [0.717, 1.165) is 24.3 Å². The summed E-state index contributed by atoms with van der Waals surface area (Å²) in [5, 5.41) is 12.8. The van der Waals surface area contributed by atoms with E-state index in [0.29, 0.717) is 6.54 Å². The van der Waals surface area contributed by atoms with Gasteiger partial charge < -0.3 is 5.11 Å². The van der Waals surface area contributed by atoms with Crippen LogP contribution >= 0.6 is 11.8 Å². The van der Waals surface area contributed by atoms with Gasteiger partial charge in [-0.2, -0.15) is 0 Å². The molecule has 4 rings (SSSR count). The first kappa shape index (κ1) is 15.7. The van der Waals surface area contributed by atoms with Crippen molar-refractivity contribution in [2.45, 2.75) is 26.0 Å².